The molecule has 1 aromatic heterocycles. The fraction of sp³-hybridized carbons (Fsp3) is 0.229. The molecule has 0 saturated heterocycles. The van der Waals surface area contributed by atoms with Gasteiger partial charge in [-0.1, -0.05) is 72.8 Å². The van der Waals surface area contributed by atoms with Crippen LogP contribution in [0.3, 0.4) is 0 Å². The van der Waals surface area contributed by atoms with E-state index in [1.807, 2.05) is 60.7 Å². The van der Waals surface area contributed by atoms with Crippen LogP contribution in [0.2, 0.25) is 0 Å². The Morgan fingerprint density at radius 3 is 2.42 bits per heavy atom. The van der Waals surface area contributed by atoms with Crippen LogP contribution in [0.5, 0.6) is 0 Å². The van der Waals surface area contributed by atoms with Gasteiger partial charge in [-0.3, -0.25) is 19.4 Å². The second-order valence-electron chi connectivity index (χ2n) is 10.6. The monoisotopic (exact) mass is 574 g/mol. The van der Waals surface area contributed by atoms with Gasteiger partial charge in [0.2, 0.25) is 5.91 Å². The molecule has 8 nitrogen and oxygen atoms in total. The number of amides is 1. The van der Waals surface area contributed by atoms with E-state index in [4.69, 9.17) is 0 Å². The van der Waals surface area contributed by atoms with Crippen molar-refractivity contribution in [2.24, 2.45) is 4.99 Å². The van der Waals surface area contributed by atoms with E-state index >= 15 is 0 Å². The lowest BCUT2D eigenvalue weighted by atomic mass is 9.87. The van der Waals surface area contributed by atoms with Gasteiger partial charge in [-0.25, -0.2) is 4.98 Å². The molecule has 0 aliphatic carbocycles. The van der Waals surface area contributed by atoms with Crippen LogP contribution in [0.4, 0.5) is 5.82 Å². The van der Waals surface area contributed by atoms with Gasteiger partial charge in [-0.2, -0.15) is 0 Å². The molecule has 0 saturated carbocycles. The van der Waals surface area contributed by atoms with Gasteiger partial charge in [-0.15, -0.1) is 0 Å². The molecule has 1 aliphatic heterocycles. The fourth-order valence-electron chi connectivity index (χ4n) is 5.39. The Morgan fingerprint density at radius 1 is 0.884 bits per heavy atom. The standard InChI is InChI=1S/C35H34N4O4/c40-31(13-3-5-20-36-32-14-4-6-21-37-32)35(19-8-22-38-35)24-33(41)39-30(23-34(42)43)27-17-15-26(16-18-27)29-12-7-10-25-9-1-2-11-28(25)29/h1-2,4,6-12,14-19,21-22,30H,3,5,13,20,23-24H2,(H,36,37)(H,39,41)(H,42,43). The summed E-state index contributed by atoms with van der Waals surface area (Å²) in [6.07, 6.45) is 7.78. The number of hydrogen-bond acceptors (Lipinski definition) is 6. The van der Waals surface area contributed by atoms with E-state index in [0.29, 0.717) is 18.5 Å². The quantitative estimate of drug-likeness (QED) is 0.155. The van der Waals surface area contributed by atoms with Crippen LogP contribution in [0.25, 0.3) is 21.9 Å². The maximum atomic E-state index is 13.3. The molecular formula is C35H34N4O4. The highest BCUT2D eigenvalue weighted by atomic mass is 16.4. The minimum Gasteiger partial charge on any atom is -0.481 e. The van der Waals surface area contributed by atoms with E-state index in [1.165, 1.54) is 6.21 Å². The van der Waals surface area contributed by atoms with Crippen LogP contribution in [-0.2, 0) is 14.4 Å². The summed E-state index contributed by atoms with van der Waals surface area (Å²) in [5.41, 5.74) is 1.46. The first-order valence-corrected chi connectivity index (χ1v) is 14.4. The van der Waals surface area contributed by atoms with E-state index < -0.39 is 23.5 Å². The largest absolute Gasteiger partial charge is 0.481 e. The number of carboxylic acids is 1. The molecule has 0 spiro atoms. The first-order chi connectivity index (χ1) is 20.9. The Morgan fingerprint density at radius 2 is 1.67 bits per heavy atom. The summed E-state index contributed by atoms with van der Waals surface area (Å²) in [5, 5.41) is 17.9. The number of aliphatic imine (C=N–C) groups is 1. The van der Waals surface area contributed by atoms with Crippen molar-refractivity contribution in [3.63, 3.8) is 0 Å². The first-order valence-electron chi connectivity index (χ1n) is 14.4. The molecule has 0 fully saturated rings. The van der Waals surface area contributed by atoms with Crippen molar-refractivity contribution in [1.29, 1.82) is 0 Å². The summed E-state index contributed by atoms with van der Waals surface area (Å²) in [6, 6.07) is 26.7. The molecule has 1 aliphatic rings. The number of allylic oxidation sites excluding steroid dienone is 1. The molecule has 3 aromatic carbocycles. The smallest absolute Gasteiger partial charge is 0.305 e. The Balaban J connectivity index is 1.22. The Hall–Kier alpha value is -5.11. The molecule has 2 atom stereocenters. The lowest BCUT2D eigenvalue weighted by Gasteiger charge is -2.24. The van der Waals surface area contributed by atoms with Gasteiger partial charge in [0.25, 0.3) is 0 Å². The predicted molar refractivity (Wildman–Crippen MR) is 169 cm³/mol. The average molecular weight is 575 g/mol. The number of hydrogen-bond donors (Lipinski definition) is 3. The lowest BCUT2D eigenvalue weighted by molar-refractivity contribution is -0.138. The highest BCUT2D eigenvalue weighted by Gasteiger charge is 2.38. The first kappa shape index (κ1) is 29.4. The minimum atomic E-state index is -1.27. The normalized spacial score (nSPS) is 16.2. The van der Waals surface area contributed by atoms with Crippen molar-refractivity contribution in [3.8, 4) is 11.1 Å². The number of nitrogens with one attached hydrogen (secondary N) is 2. The van der Waals surface area contributed by atoms with E-state index in [1.54, 1.807) is 18.3 Å². The second-order valence-corrected chi connectivity index (χ2v) is 10.6. The number of benzene rings is 3. The van der Waals surface area contributed by atoms with Crippen molar-refractivity contribution >= 4 is 40.5 Å². The molecular weight excluding hydrogens is 540 g/mol. The highest BCUT2D eigenvalue weighted by Crippen LogP contribution is 2.31. The predicted octanol–water partition coefficient (Wildman–Crippen LogP) is 6.15. The number of carbonyl (C=O) groups is 3. The molecule has 2 heterocycles. The third kappa shape index (κ3) is 7.40. The van der Waals surface area contributed by atoms with Crippen LogP contribution in [0.1, 0.15) is 43.7 Å². The third-order valence-electron chi connectivity index (χ3n) is 7.61. The number of rotatable bonds is 14. The van der Waals surface area contributed by atoms with Crippen molar-refractivity contribution < 1.29 is 19.5 Å². The number of carboxylic acid groups (broad SMARTS) is 1. The fourth-order valence-corrected chi connectivity index (χ4v) is 5.39. The summed E-state index contributed by atoms with van der Waals surface area (Å²) in [4.78, 5) is 46.9. The molecule has 0 bridgehead atoms. The van der Waals surface area contributed by atoms with Crippen molar-refractivity contribution in [3.05, 3.63) is 109 Å². The van der Waals surface area contributed by atoms with Gasteiger partial charge in [-0.05, 0) is 64.6 Å². The topological polar surface area (TPSA) is 121 Å². The Labute approximate surface area is 250 Å². The van der Waals surface area contributed by atoms with Gasteiger partial charge < -0.3 is 15.7 Å². The number of ketones is 1. The lowest BCUT2D eigenvalue weighted by Crippen LogP contribution is -2.41. The number of nitrogens with zero attached hydrogens (tertiary/aromatic N) is 2. The van der Waals surface area contributed by atoms with Crippen LogP contribution < -0.4 is 10.6 Å². The summed E-state index contributed by atoms with van der Waals surface area (Å²) >= 11 is 0. The number of Topliss-reactive ketones (excluding diaryl/α,β-unsaturated/α-hetero) is 1. The zero-order valence-corrected chi connectivity index (χ0v) is 23.8. The molecule has 8 heteroatoms. The summed E-state index contributed by atoms with van der Waals surface area (Å²) in [5.74, 6) is -0.824. The van der Waals surface area contributed by atoms with Crippen molar-refractivity contribution in [1.82, 2.24) is 10.3 Å². The highest BCUT2D eigenvalue weighted by molar-refractivity contribution is 6.00. The molecule has 5 rings (SSSR count). The third-order valence-corrected chi connectivity index (χ3v) is 7.61. The van der Waals surface area contributed by atoms with Crippen LogP contribution >= 0.6 is 0 Å². The molecule has 218 valence electrons. The number of aliphatic carboxylic acids is 1. The maximum absolute atomic E-state index is 13.3. The number of pyridine rings is 1. The minimum absolute atomic E-state index is 0.139. The number of anilines is 1. The van der Waals surface area contributed by atoms with Crippen LogP contribution in [0.15, 0.2) is 108 Å². The number of carbonyl (C=O) groups excluding carboxylic acids is 2. The van der Waals surface area contributed by atoms with E-state index in [-0.39, 0.29) is 25.0 Å². The van der Waals surface area contributed by atoms with E-state index in [0.717, 1.165) is 34.1 Å². The zero-order valence-electron chi connectivity index (χ0n) is 23.8. The Bertz CT molecular complexity index is 1630. The molecule has 43 heavy (non-hydrogen) atoms. The summed E-state index contributed by atoms with van der Waals surface area (Å²) in [7, 11) is 0. The van der Waals surface area contributed by atoms with Crippen molar-refractivity contribution in [2.45, 2.75) is 43.7 Å². The molecule has 1 amide bonds. The molecule has 3 N–H and O–H groups in total. The van der Waals surface area contributed by atoms with E-state index in [9.17, 15) is 19.5 Å². The SMILES string of the molecule is O=C(O)CC(NC(=O)CC1(C(=O)CCCCNc2ccccn2)C=CC=N1)c1ccc(-c2cccc3ccccc23)cc1. The molecule has 2 unspecified atom stereocenters. The van der Waals surface area contributed by atoms with Gasteiger partial charge >= 0.3 is 5.97 Å². The second kappa shape index (κ2) is 13.7. The van der Waals surface area contributed by atoms with Crippen LogP contribution in [0, 0.1) is 0 Å². The average Bonchev–Trinajstić information content (AvgIpc) is 3.50. The van der Waals surface area contributed by atoms with Crippen LogP contribution in [-0.4, -0.2) is 46.0 Å². The summed E-state index contributed by atoms with van der Waals surface area (Å²) in [6.45, 7) is 0.674. The van der Waals surface area contributed by atoms with Gasteiger partial charge in [0.15, 0.2) is 5.78 Å². The van der Waals surface area contributed by atoms with Crippen molar-refractivity contribution in [2.75, 3.05) is 11.9 Å². The molecule has 0 radical (unpaired) electrons. The zero-order chi connectivity index (χ0) is 30.1. The van der Waals surface area contributed by atoms with Gasteiger partial charge in [0.1, 0.15) is 11.4 Å². The Kier molecular flexibility index (Phi) is 9.36. The van der Waals surface area contributed by atoms with Gasteiger partial charge in [0.05, 0.1) is 18.9 Å². The number of unbranched alkanes of at least 4 members (excludes halogenated alkanes) is 1. The maximum Gasteiger partial charge on any atom is 0.305 e. The number of aromatic nitrogens is 1. The van der Waals surface area contributed by atoms with Gasteiger partial charge in [0, 0.05) is 25.4 Å². The summed E-state index contributed by atoms with van der Waals surface area (Å²) < 4.78 is 0. The van der Waals surface area contributed by atoms with E-state index in [2.05, 4.69) is 44.9 Å². The molecule has 4 aromatic rings. The number of fused-ring (bicyclic) bond motifs is 1.